The topological polar surface area (TPSA) is 39.7 Å². The van der Waals surface area contributed by atoms with Gasteiger partial charge in [-0.15, -0.1) is 0 Å². The number of pyridine rings is 1. The maximum Gasteiger partial charge on any atom is 0.255 e. The highest BCUT2D eigenvalue weighted by molar-refractivity contribution is 5.94. The van der Waals surface area contributed by atoms with Crippen molar-refractivity contribution in [2.75, 3.05) is 45.2 Å². The molecule has 1 aliphatic heterocycles. The smallest absolute Gasteiger partial charge is 0.255 e. The second-order valence-corrected chi connectivity index (χ2v) is 7.88. The lowest BCUT2D eigenvalue weighted by Gasteiger charge is -2.39. The Kier molecular flexibility index (Phi) is 6.10. The highest BCUT2D eigenvalue weighted by atomic mass is 16.2. The van der Waals surface area contributed by atoms with Crippen LogP contribution in [0.15, 0.2) is 79.1 Å². The summed E-state index contributed by atoms with van der Waals surface area (Å²) in [5.74, 6) is 0.0572. The van der Waals surface area contributed by atoms with Gasteiger partial charge in [0.25, 0.3) is 5.91 Å². The van der Waals surface area contributed by atoms with Crippen LogP contribution >= 0.6 is 0 Å². The maximum atomic E-state index is 13.0. The average Bonchev–Trinajstić information content (AvgIpc) is 2.81. The largest absolute Gasteiger partial charge is 0.376 e. The summed E-state index contributed by atoms with van der Waals surface area (Å²) in [5, 5.41) is 0. The van der Waals surface area contributed by atoms with Crippen molar-refractivity contribution in [3.05, 3.63) is 95.8 Å². The molecule has 0 atom stereocenters. The van der Waals surface area contributed by atoms with Gasteiger partial charge in [0, 0.05) is 46.5 Å². The number of aromatic nitrogens is 1. The number of rotatable bonds is 5. The molecule has 30 heavy (non-hydrogen) atoms. The quantitative estimate of drug-likeness (QED) is 0.655. The van der Waals surface area contributed by atoms with E-state index in [9.17, 15) is 4.79 Å². The molecule has 0 bridgehead atoms. The molecule has 0 N–H and O–H groups in total. The third kappa shape index (κ3) is 4.36. The number of carbonyl (C=O) groups excluding carboxylic acids is 1. The highest BCUT2D eigenvalue weighted by Gasteiger charge is 2.28. The molecule has 1 aromatic heterocycles. The van der Waals surface area contributed by atoms with Crippen molar-refractivity contribution >= 4 is 11.6 Å². The van der Waals surface area contributed by atoms with Crippen LogP contribution in [0.3, 0.4) is 0 Å². The van der Waals surface area contributed by atoms with Gasteiger partial charge in [-0.05, 0) is 17.2 Å². The maximum absolute atomic E-state index is 13.0. The second-order valence-electron chi connectivity index (χ2n) is 7.88. The van der Waals surface area contributed by atoms with Gasteiger partial charge in [-0.2, -0.15) is 0 Å². The number of hydrogen-bond donors (Lipinski definition) is 0. The van der Waals surface area contributed by atoms with E-state index in [1.54, 1.807) is 12.4 Å². The minimum atomic E-state index is 0.0572. The van der Waals surface area contributed by atoms with Crippen molar-refractivity contribution in [1.82, 2.24) is 14.8 Å². The molecule has 0 unspecified atom stereocenters. The van der Waals surface area contributed by atoms with Gasteiger partial charge in [-0.1, -0.05) is 60.7 Å². The Morgan fingerprint density at radius 3 is 1.97 bits per heavy atom. The van der Waals surface area contributed by atoms with E-state index in [-0.39, 0.29) is 11.9 Å². The van der Waals surface area contributed by atoms with Crippen LogP contribution in [0.4, 0.5) is 5.69 Å². The number of piperazine rings is 1. The average molecular weight is 401 g/mol. The van der Waals surface area contributed by atoms with Crippen LogP contribution in [0.25, 0.3) is 0 Å². The second kappa shape index (κ2) is 9.09. The lowest BCUT2D eigenvalue weighted by Crippen LogP contribution is -2.49. The van der Waals surface area contributed by atoms with Crippen LogP contribution in [-0.2, 0) is 0 Å². The number of benzene rings is 2. The van der Waals surface area contributed by atoms with Crippen molar-refractivity contribution in [1.29, 1.82) is 0 Å². The van der Waals surface area contributed by atoms with Crippen molar-refractivity contribution in [3.8, 4) is 0 Å². The first-order chi connectivity index (χ1) is 14.6. The lowest BCUT2D eigenvalue weighted by molar-refractivity contribution is 0.0597. The Balaban J connectivity index is 1.50. The Hall–Kier alpha value is -3.18. The molecule has 2 aromatic carbocycles. The van der Waals surface area contributed by atoms with E-state index in [2.05, 4.69) is 70.5 Å². The van der Waals surface area contributed by atoms with Crippen molar-refractivity contribution in [3.63, 3.8) is 0 Å². The van der Waals surface area contributed by atoms with Gasteiger partial charge >= 0.3 is 0 Å². The molecule has 2 heterocycles. The van der Waals surface area contributed by atoms with Crippen LogP contribution in [0.1, 0.15) is 27.5 Å². The molecule has 4 rings (SSSR count). The molecule has 1 saturated heterocycles. The normalized spacial score (nSPS) is 14.7. The number of nitrogens with zero attached hydrogens (tertiary/aromatic N) is 4. The van der Waals surface area contributed by atoms with Crippen molar-refractivity contribution in [2.24, 2.45) is 0 Å². The summed E-state index contributed by atoms with van der Waals surface area (Å²) in [6.07, 6.45) is 3.44. The van der Waals surface area contributed by atoms with Crippen LogP contribution in [0.2, 0.25) is 0 Å². The number of carbonyl (C=O) groups is 1. The standard InChI is InChI=1S/C25H28N4O/c1-27(2)23-17-22(18-26-19-23)25(30)29-15-13-28(14-16-29)24(20-9-5-3-6-10-20)21-11-7-4-8-12-21/h3-12,17-19,24H,13-16H2,1-2H3. The van der Waals surface area contributed by atoms with E-state index >= 15 is 0 Å². The third-order valence-corrected chi connectivity index (χ3v) is 5.68. The summed E-state index contributed by atoms with van der Waals surface area (Å²) in [6, 6.07) is 23.3. The predicted molar refractivity (Wildman–Crippen MR) is 121 cm³/mol. The Morgan fingerprint density at radius 2 is 1.43 bits per heavy atom. The SMILES string of the molecule is CN(C)c1cncc(C(=O)N2CCN(C(c3ccccc3)c3ccccc3)CC2)c1. The monoisotopic (exact) mass is 400 g/mol. The minimum absolute atomic E-state index is 0.0572. The fourth-order valence-electron chi connectivity index (χ4n) is 4.04. The molecule has 0 saturated carbocycles. The first kappa shape index (κ1) is 20.1. The van der Waals surface area contributed by atoms with E-state index < -0.39 is 0 Å². The molecule has 5 heteroatoms. The molecule has 1 aliphatic rings. The van der Waals surface area contributed by atoms with Crippen LogP contribution in [0.5, 0.6) is 0 Å². The molecule has 0 radical (unpaired) electrons. The van der Waals surface area contributed by atoms with E-state index in [1.807, 2.05) is 30.0 Å². The van der Waals surface area contributed by atoms with Crippen LogP contribution in [0, 0.1) is 0 Å². The van der Waals surface area contributed by atoms with Gasteiger partial charge in [0.15, 0.2) is 0 Å². The minimum Gasteiger partial charge on any atom is -0.376 e. The van der Waals surface area contributed by atoms with Crippen LogP contribution in [-0.4, -0.2) is 61.0 Å². The molecule has 5 nitrogen and oxygen atoms in total. The van der Waals surface area contributed by atoms with Crippen LogP contribution < -0.4 is 4.90 Å². The number of amides is 1. The fraction of sp³-hybridized carbons (Fsp3) is 0.280. The number of hydrogen-bond acceptors (Lipinski definition) is 4. The zero-order valence-electron chi connectivity index (χ0n) is 17.6. The van der Waals surface area contributed by atoms with Gasteiger partial charge in [-0.3, -0.25) is 14.7 Å². The molecule has 0 spiro atoms. The van der Waals surface area contributed by atoms with E-state index in [1.165, 1.54) is 11.1 Å². The summed E-state index contributed by atoms with van der Waals surface area (Å²) in [6.45, 7) is 3.09. The predicted octanol–water partition coefficient (Wildman–Crippen LogP) is 3.70. The molecule has 3 aromatic rings. The summed E-state index contributed by atoms with van der Waals surface area (Å²) in [7, 11) is 3.91. The lowest BCUT2D eigenvalue weighted by atomic mass is 9.96. The molecule has 1 amide bonds. The van der Waals surface area contributed by atoms with E-state index in [0.29, 0.717) is 18.7 Å². The summed E-state index contributed by atoms with van der Waals surface area (Å²) < 4.78 is 0. The first-order valence-corrected chi connectivity index (χ1v) is 10.4. The van der Waals surface area contributed by atoms with Gasteiger partial charge in [0.2, 0.25) is 0 Å². The van der Waals surface area contributed by atoms with Crippen molar-refractivity contribution in [2.45, 2.75) is 6.04 Å². The Bertz CT molecular complexity index is 927. The third-order valence-electron chi connectivity index (χ3n) is 5.68. The molecule has 0 aliphatic carbocycles. The molecular weight excluding hydrogens is 372 g/mol. The Morgan fingerprint density at radius 1 is 0.867 bits per heavy atom. The van der Waals surface area contributed by atoms with E-state index in [4.69, 9.17) is 0 Å². The number of anilines is 1. The summed E-state index contributed by atoms with van der Waals surface area (Å²) >= 11 is 0. The first-order valence-electron chi connectivity index (χ1n) is 10.4. The van der Waals surface area contributed by atoms with Gasteiger partial charge in [-0.25, -0.2) is 0 Å². The molecular formula is C25H28N4O. The molecule has 154 valence electrons. The highest BCUT2D eigenvalue weighted by Crippen LogP contribution is 2.29. The summed E-state index contributed by atoms with van der Waals surface area (Å²) in [4.78, 5) is 23.7. The Labute approximate surface area is 178 Å². The van der Waals surface area contributed by atoms with Gasteiger partial charge < -0.3 is 9.80 Å². The van der Waals surface area contributed by atoms with Crippen molar-refractivity contribution < 1.29 is 4.79 Å². The molecule has 1 fully saturated rings. The zero-order valence-corrected chi connectivity index (χ0v) is 17.6. The fourth-order valence-corrected chi connectivity index (χ4v) is 4.04. The summed E-state index contributed by atoms with van der Waals surface area (Å²) in [5.41, 5.74) is 4.16. The van der Waals surface area contributed by atoms with Gasteiger partial charge in [0.1, 0.15) is 0 Å². The zero-order chi connectivity index (χ0) is 20.9. The van der Waals surface area contributed by atoms with Gasteiger partial charge in [0.05, 0.1) is 23.5 Å². The van der Waals surface area contributed by atoms with E-state index in [0.717, 1.165) is 18.8 Å².